The summed E-state index contributed by atoms with van der Waals surface area (Å²) in [6.45, 7) is 8.51. The molecule has 5 rings (SSSR count). The van der Waals surface area contributed by atoms with Gasteiger partial charge in [0.15, 0.2) is 5.69 Å². The summed E-state index contributed by atoms with van der Waals surface area (Å²) in [6.07, 6.45) is 4.52. The van der Waals surface area contributed by atoms with Crippen LogP contribution in [0.4, 0.5) is 5.69 Å². The molecule has 2 aliphatic rings. The minimum Gasteiger partial charge on any atom is -0.379 e. The van der Waals surface area contributed by atoms with Crippen LogP contribution in [-0.4, -0.2) is 87.7 Å². The maximum Gasteiger partial charge on any atom is 0.276 e. The molecule has 0 spiro atoms. The molecule has 10 heteroatoms. The number of aryl methyl sites for hydroxylation is 1. The number of morpholine rings is 1. The van der Waals surface area contributed by atoms with E-state index in [1.165, 1.54) is 5.57 Å². The SMILES string of the molecule is Cc1[nH]nc(C(=O)Nc2cnc3[nH]c(C4=CCN(C(=O)CN5CCOCC5)CC4)cc3c2)c1C. The van der Waals surface area contributed by atoms with E-state index in [0.717, 1.165) is 47.5 Å². The Kier molecular flexibility index (Phi) is 6.16. The summed E-state index contributed by atoms with van der Waals surface area (Å²) in [5, 5.41) is 10.7. The Balaban J connectivity index is 1.24. The van der Waals surface area contributed by atoms with Crippen molar-refractivity contribution in [1.82, 2.24) is 30.0 Å². The fourth-order valence-electron chi connectivity index (χ4n) is 4.34. The molecule has 3 aromatic heterocycles. The third-order valence-electron chi connectivity index (χ3n) is 6.57. The number of nitrogens with one attached hydrogen (secondary N) is 3. The van der Waals surface area contributed by atoms with E-state index in [-0.39, 0.29) is 11.8 Å². The molecule has 1 fully saturated rings. The second kappa shape index (κ2) is 9.40. The van der Waals surface area contributed by atoms with Gasteiger partial charge in [0.05, 0.1) is 31.6 Å². The molecule has 0 saturated carbocycles. The molecule has 10 nitrogen and oxygen atoms in total. The summed E-state index contributed by atoms with van der Waals surface area (Å²) in [5.74, 6) is -0.103. The van der Waals surface area contributed by atoms with Crippen LogP contribution in [0.25, 0.3) is 16.6 Å². The van der Waals surface area contributed by atoms with Crippen LogP contribution in [0.1, 0.15) is 33.9 Å². The van der Waals surface area contributed by atoms with Crippen LogP contribution in [0.2, 0.25) is 0 Å². The number of rotatable bonds is 5. The quantitative estimate of drug-likeness (QED) is 0.533. The smallest absolute Gasteiger partial charge is 0.276 e. The molecular weight excluding hydrogens is 434 g/mol. The average Bonchev–Trinajstić information content (AvgIpc) is 3.42. The molecule has 34 heavy (non-hydrogen) atoms. The number of fused-ring (bicyclic) bond motifs is 1. The van der Waals surface area contributed by atoms with Crippen molar-refractivity contribution in [3.05, 3.63) is 47.1 Å². The van der Waals surface area contributed by atoms with Crippen molar-refractivity contribution in [3.8, 4) is 0 Å². The van der Waals surface area contributed by atoms with Crippen LogP contribution < -0.4 is 5.32 Å². The van der Waals surface area contributed by atoms with E-state index in [0.29, 0.717) is 44.2 Å². The van der Waals surface area contributed by atoms with Gasteiger partial charge < -0.3 is 19.9 Å². The first-order valence-corrected chi connectivity index (χ1v) is 11.6. The molecule has 1 saturated heterocycles. The van der Waals surface area contributed by atoms with Gasteiger partial charge in [-0.15, -0.1) is 0 Å². The Labute approximate surface area is 197 Å². The van der Waals surface area contributed by atoms with Gasteiger partial charge in [-0.05, 0) is 38.0 Å². The summed E-state index contributed by atoms with van der Waals surface area (Å²) in [7, 11) is 0. The van der Waals surface area contributed by atoms with Crippen LogP contribution >= 0.6 is 0 Å². The number of hydrogen-bond acceptors (Lipinski definition) is 6. The number of carbonyl (C=O) groups excluding carboxylic acids is 2. The molecular formula is C24H29N7O3. The number of aromatic nitrogens is 4. The molecule has 0 aliphatic carbocycles. The molecule has 2 amide bonds. The Hall–Kier alpha value is -3.50. The Morgan fingerprint density at radius 1 is 1.18 bits per heavy atom. The number of nitrogens with zero attached hydrogens (tertiary/aromatic N) is 4. The lowest BCUT2D eigenvalue weighted by Gasteiger charge is -2.31. The molecule has 5 heterocycles. The Bertz CT molecular complexity index is 1250. The van der Waals surface area contributed by atoms with E-state index in [9.17, 15) is 9.59 Å². The van der Waals surface area contributed by atoms with Crippen molar-refractivity contribution in [2.24, 2.45) is 0 Å². The number of anilines is 1. The molecule has 0 unspecified atom stereocenters. The Morgan fingerprint density at radius 2 is 2.00 bits per heavy atom. The van der Waals surface area contributed by atoms with E-state index in [2.05, 4.69) is 36.5 Å². The maximum atomic E-state index is 12.7. The first-order chi connectivity index (χ1) is 16.5. The summed E-state index contributed by atoms with van der Waals surface area (Å²) < 4.78 is 5.36. The maximum absolute atomic E-state index is 12.7. The molecule has 0 radical (unpaired) electrons. The summed E-state index contributed by atoms with van der Waals surface area (Å²) in [6, 6.07) is 3.94. The predicted molar refractivity (Wildman–Crippen MR) is 129 cm³/mol. The van der Waals surface area contributed by atoms with Crippen molar-refractivity contribution in [3.63, 3.8) is 0 Å². The fraction of sp³-hybridized carbons (Fsp3) is 0.417. The summed E-state index contributed by atoms with van der Waals surface area (Å²) in [5.41, 5.74) is 5.61. The van der Waals surface area contributed by atoms with Crippen LogP contribution in [0.5, 0.6) is 0 Å². The summed E-state index contributed by atoms with van der Waals surface area (Å²) >= 11 is 0. The van der Waals surface area contributed by atoms with E-state index in [1.807, 2.05) is 30.9 Å². The number of amides is 2. The van der Waals surface area contributed by atoms with Gasteiger partial charge in [0, 0.05) is 48.5 Å². The van der Waals surface area contributed by atoms with Gasteiger partial charge in [0.2, 0.25) is 5.91 Å². The highest BCUT2D eigenvalue weighted by molar-refractivity contribution is 6.04. The zero-order valence-electron chi connectivity index (χ0n) is 19.5. The third-order valence-corrected chi connectivity index (χ3v) is 6.57. The van der Waals surface area contributed by atoms with Crippen molar-refractivity contribution in [2.45, 2.75) is 20.3 Å². The van der Waals surface area contributed by atoms with Gasteiger partial charge in [-0.3, -0.25) is 19.6 Å². The average molecular weight is 464 g/mol. The number of hydrogen-bond donors (Lipinski definition) is 3. The lowest BCUT2D eigenvalue weighted by atomic mass is 10.0. The monoisotopic (exact) mass is 463 g/mol. The number of ether oxygens (including phenoxy) is 1. The highest BCUT2D eigenvalue weighted by Gasteiger charge is 2.22. The molecule has 3 aromatic rings. The normalized spacial score (nSPS) is 17.1. The molecule has 178 valence electrons. The van der Waals surface area contributed by atoms with E-state index < -0.39 is 0 Å². The highest BCUT2D eigenvalue weighted by Crippen LogP contribution is 2.26. The minimum absolute atomic E-state index is 0.165. The third kappa shape index (κ3) is 4.59. The van der Waals surface area contributed by atoms with Gasteiger partial charge in [0.1, 0.15) is 5.65 Å². The number of H-pyrrole nitrogens is 2. The van der Waals surface area contributed by atoms with Gasteiger partial charge in [-0.1, -0.05) is 6.08 Å². The second-order valence-corrected chi connectivity index (χ2v) is 8.83. The van der Waals surface area contributed by atoms with Crippen molar-refractivity contribution >= 4 is 34.1 Å². The van der Waals surface area contributed by atoms with Gasteiger partial charge >= 0.3 is 0 Å². The van der Waals surface area contributed by atoms with E-state index in [4.69, 9.17) is 4.74 Å². The molecule has 2 aliphatic heterocycles. The Morgan fingerprint density at radius 3 is 2.71 bits per heavy atom. The van der Waals surface area contributed by atoms with Crippen LogP contribution in [-0.2, 0) is 9.53 Å². The summed E-state index contributed by atoms with van der Waals surface area (Å²) in [4.78, 5) is 37.1. The van der Waals surface area contributed by atoms with Crippen LogP contribution in [0.3, 0.4) is 0 Å². The van der Waals surface area contributed by atoms with Gasteiger partial charge in [-0.2, -0.15) is 5.10 Å². The lowest BCUT2D eigenvalue weighted by molar-refractivity contribution is -0.133. The highest BCUT2D eigenvalue weighted by atomic mass is 16.5. The van der Waals surface area contributed by atoms with Crippen molar-refractivity contribution < 1.29 is 14.3 Å². The standard InChI is InChI=1S/C24H29N7O3/c1-15-16(2)28-29-22(15)24(33)26-19-11-18-12-20(27-23(18)25-13-19)17-3-5-31(6-4-17)21(32)14-30-7-9-34-10-8-30/h3,11-13H,4-10,14H2,1-2H3,(H,25,27)(H,26,33)(H,28,29). The molecule has 0 atom stereocenters. The molecule has 0 aromatic carbocycles. The van der Waals surface area contributed by atoms with Crippen molar-refractivity contribution in [1.29, 1.82) is 0 Å². The van der Waals surface area contributed by atoms with Gasteiger partial charge in [-0.25, -0.2) is 4.98 Å². The largest absolute Gasteiger partial charge is 0.379 e. The number of carbonyl (C=O) groups is 2. The topological polar surface area (TPSA) is 119 Å². The van der Waals surface area contributed by atoms with Crippen molar-refractivity contribution in [2.75, 3.05) is 51.3 Å². The predicted octanol–water partition coefficient (Wildman–Crippen LogP) is 2.10. The molecule has 0 bridgehead atoms. The minimum atomic E-state index is -0.268. The fourth-order valence-corrected chi connectivity index (χ4v) is 4.34. The lowest BCUT2D eigenvalue weighted by Crippen LogP contribution is -2.45. The number of aromatic amines is 2. The van der Waals surface area contributed by atoms with Gasteiger partial charge in [0.25, 0.3) is 5.91 Å². The molecule has 3 N–H and O–H groups in total. The van der Waals surface area contributed by atoms with Crippen LogP contribution in [0.15, 0.2) is 24.4 Å². The first kappa shape index (κ1) is 22.3. The zero-order valence-corrected chi connectivity index (χ0v) is 19.5. The zero-order chi connectivity index (χ0) is 23.7. The van der Waals surface area contributed by atoms with E-state index in [1.54, 1.807) is 6.20 Å². The second-order valence-electron chi connectivity index (χ2n) is 8.83. The first-order valence-electron chi connectivity index (χ1n) is 11.6. The van der Waals surface area contributed by atoms with Crippen LogP contribution in [0, 0.1) is 13.8 Å². The van der Waals surface area contributed by atoms with E-state index >= 15 is 0 Å². The number of pyridine rings is 1.